The summed E-state index contributed by atoms with van der Waals surface area (Å²) in [6, 6.07) is 0. The highest BCUT2D eigenvalue weighted by Crippen LogP contribution is 2.25. The van der Waals surface area contributed by atoms with Crippen LogP contribution in [0.1, 0.15) is 6.92 Å². The van der Waals surface area contributed by atoms with Crippen molar-refractivity contribution < 1.29 is 0 Å². The summed E-state index contributed by atoms with van der Waals surface area (Å²) < 4.78 is 0. The molecule has 2 N–H and O–H groups in total. The van der Waals surface area contributed by atoms with Crippen molar-refractivity contribution in [1.82, 2.24) is 4.90 Å². The molecule has 1 atom stereocenters. The van der Waals surface area contributed by atoms with Crippen LogP contribution in [-0.2, 0) is 0 Å². The zero-order chi connectivity index (χ0) is 7.84. The van der Waals surface area contributed by atoms with Gasteiger partial charge in [-0.15, -0.1) is 0 Å². The number of nitrogens with zero attached hydrogens (tertiary/aromatic N) is 1. The first-order chi connectivity index (χ1) is 5.27. The van der Waals surface area contributed by atoms with E-state index in [2.05, 4.69) is 24.0 Å². The van der Waals surface area contributed by atoms with E-state index in [1.54, 1.807) is 0 Å². The molecule has 1 unspecified atom stereocenters. The van der Waals surface area contributed by atoms with Crippen molar-refractivity contribution in [1.29, 1.82) is 0 Å². The van der Waals surface area contributed by atoms with Crippen LogP contribution in [0.4, 0.5) is 0 Å². The van der Waals surface area contributed by atoms with Gasteiger partial charge in [0.05, 0.1) is 0 Å². The van der Waals surface area contributed by atoms with E-state index in [0.717, 1.165) is 12.4 Å². The van der Waals surface area contributed by atoms with E-state index in [1.165, 1.54) is 5.70 Å². The second-order valence-electron chi connectivity index (χ2n) is 3.13. The number of rotatable bonds is 0. The zero-order valence-electron chi connectivity index (χ0n) is 6.62. The van der Waals surface area contributed by atoms with Crippen LogP contribution < -0.4 is 5.73 Å². The van der Waals surface area contributed by atoms with Gasteiger partial charge in [0, 0.05) is 12.2 Å². The molecule has 0 saturated carbocycles. The SMILES string of the molecule is CC1C=C2C=CC=C(N)N2C1. The molecule has 0 bridgehead atoms. The molecule has 58 valence electrons. The van der Waals surface area contributed by atoms with Crippen molar-refractivity contribution in [2.75, 3.05) is 6.54 Å². The highest BCUT2D eigenvalue weighted by molar-refractivity contribution is 5.34. The first-order valence-electron chi connectivity index (χ1n) is 3.90. The largest absolute Gasteiger partial charge is 0.385 e. The Morgan fingerprint density at radius 1 is 1.64 bits per heavy atom. The van der Waals surface area contributed by atoms with E-state index in [0.29, 0.717) is 5.92 Å². The maximum Gasteiger partial charge on any atom is 0.103 e. The highest BCUT2D eigenvalue weighted by Gasteiger charge is 2.21. The molecule has 2 rings (SSSR count). The molecule has 2 aliphatic heterocycles. The molecule has 0 fully saturated rings. The van der Waals surface area contributed by atoms with Crippen LogP contribution in [0.2, 0.25) is 0 Å². The van der Waals surface area contributed by atoms with Gasteiger partial charge >= 0.3 is 0 Å². The quantitative estimate of drug-likeness (QED) is 0.559. The van der Waals surface area contributed by atoms with Gasteiger partial charge in [-0.3, -0.25) is 0 Å². The maximum atomic E-state index is 5.78. The average molecular weight is 148 g/mol. The number of allylic oxidation sites excluding steroid dienone is 3. The first kappa shape index (κ1) is 6.53. The van der Waals surface area contributed by atoms with Gasteiger partial charge in [0.15, 0.2) is 0 Å². The Morgan fingerprint density at radius 3 is 3.18 bits per heavy atom. The van der Waals surface area contributed by atoms with Gasteiger partial charge in [-0.25, -0.2) is 0 Å². The summed E-state index contributed by atoms with van der Waals surface area (Å²) in [5, 5.41) is 0. The number of hydrogen-bond acceptors (Lipinski definition) is 2. The van der Waals surface area contributed by atoms with E-state index in [1.807, 2.05) is 12.2 Å². The molecule has 2 heteroatoms. The first-order valence-corrected chi connectivity index (χ1v) is 3.90. The molecule has 2 nitrogen and oxygen atoms in total. The zero-order valence-corrected chi connectivity index (χ0v) is 6.62. The second kappa shape index (κ2) is 2.16. The smallest absolute Gasteiger partial charge is 0.103 e. The van der Waals surface area contributed by atoms with E-state index in [9.17, 15) is 0 Å². The molecule has 0 radical (unpaired) electrons. The lowest BCUT2D eigenvalue weighted by Gasteiger charge is -2.23. The Hall–Kier alpha value is -1.18. The summed E-state index contributed by atoms with van der Waals surface area (Å²) in [7, 11) is 0. The minimum Gasteiger partial charge on any atom is -0.385 e. The standard InChI is InChI=1S/C9H12N2/c1-7-5-8-3-2-4-9(10)11(8)6-7/h2-5,7H,6,10H2,1H3. The normalized spacial score (nSPS) is 28.1. The van der Waals surface area contributed by atoms with E-state index < -0.39 is 0 Å². The van der Waals surface area contributed by atoms with Crippen molar-refractivity contribution in [3.05, 3.63) is 35.8 Å². The van der Waals surface area contributed by atoms with Crippen molar-refractivity contribution in [3.8, 4) is 0 Å². The molecular formula is C9H12N2. The van der Waals surface area contributed by atoms with Crippen LogP contribution in [-0.4, -0.2) is 11.4 Å². The van der Waals surface area contributed by atoms with Crippen LogP contribution in [0.3, 0.4) is 0 Å². The Bertz CT molecular complexity index is 261. The van der Waals surface area contributed by atoms with E-state index in [-0.39, 0.29) is 0 Å². The summed E-state index contributed by atoms with van der Waals surface area (Å²) in [5.41, 5.74) is 7.02. The van der Waals surface area contributed by atoms with Crippen molar-refractivity contribution in [3.63, 3.8) is 0 Å². The molecule has 2 heterocycles. The number of nitrogens with two attached hydrogens (primary N) is 1. The summed E-state index contributed by atoms with van der Waals surface area (Å²) in [5.74, 6) is 1.49. The minimum absolute atomic E-state index is 0.625. The Labute approximate surface area is 66.7 Å². The molecule has 0 spiro atoms. The molecule has 2 aliphatic rings. The van der Waals surface area contributed by atoms with Crippen molar-refractivity contribution in [2.24, 2.45) is 11.7 Å². The average Bonchev–Trinajstić information content (AvgIpc) is 2.31. The van der Waals surface area contributed by atoms with Crippen molar-refractivity contribution in [2.45, 2.75) is 6.92 Å². The molecular weight excluding hydrogens is 136 g/mol. The van der Waals surface area contributed by atoms with Gasteiger partial charge in [0.2, 0.25) is 0 Å². The number of hydrogen-bond donors (Lipinski definition) is 1. The van der Waals surface area contributed by atoms with Crippen LogP contribution in [0.25, 0.3) is 0 Å². The highest BCUT2D eigenvalue weighted by atomic mass is 15.2. The fourth-order valence-corrected chi connectivity index (χ4v) is 1.56. The summed E-state index contributed by atoms with van der Waals surface area (Å²) in [4.78, 5) is 2.14. The van der Waals surface area contributed by atoms with E-state index in [4.69, 9.17) is 5.73 Å². The fourth-order valence-electron chi connectivity index (χ4n) is 1.56. The molecule has 0 aromatic carbocycles. The fraction of sp³-hybridized carbons (Fsp3) is 0.333. The van der Waals surface area contributed by atoms with Gasteiger partial charge in [-0.1, -0.05) is 19.1 Å². The predicted octanol–water partition coefficient (Wildman–Crippen LogP) is 1.19. The molecule has 0 saturated heterocycles. The molecule has 0 aliphatic carbocycles. The number of fused-ring (bicyclic) bond motifs is 1. The predicted molar refractivity (Wildman–Crippen MR) is 45.4 cm³/mol. The Morgan fingerprint density at radius 2 is 2.45 bits per heavy atom. The van der Waals surface area contributed by atoms with Gasteiger partial charge in [0.1, 0.15) is 5.82 Å². The van der Waals surface area contributed by atoms with Crippen LogP contribution >= 0.6 is 0 Å². The lowest BCUT2D eigenvalue weighted by molar-refractivity contribution is 0.433. The maximum absolute atomic E-state index is 5.78. The van der Waals surface area contributed by atoms with E-state index >= 15 is 0 Å². The summed E-state index contributed by atoms with van der Waals surface area (Å²) in [6.45, 7) is 3.23. The topological polar surface area (TPSA) is 29.3 Å². The lowest BCUT2D eigenvalue weighted by Crippen LogP contribution is -2.26. The summed E-state index contributed by atoms with van der Waals surface area (Å²) in [6.07, 6.45) is 8.28. The molecule has 0 aromatic heterocycles. The third-order valence-electron chi connectivity index (χ3n) is 2.08. The molecule has 11 heavy (non-hydrogen) atoms. The lowest BCUT2D eigenvalue weighted by atomic mass is 10.2. The van der Waals surface area contributed by atoms with Crippen LogP contribution in [0.5, 0.6) is 0 Å². The Kier molecular flexibility index (Phi) is 1.28. The Balaban J connectivity index is 2.33. The van der Waals surface area contributed by atoms with Gasteiger partial charge in [-0.05, 0) is 18.1 Å². The third kappa shape index (κ3) is 0.946. The van der Waals surface area contributed by atoms with Gasteiger partial charge in [-0.2, -0.15) is 0 Å². The summed E-state index contributed by atoms with van der Waals surface area (Å²) >= 11 is 0. The molecule has 0 aromatic rings. The second-order valence-corrected chi connectivity index (χ2v) is 3.13. The van der Waals surface area contributed by atoms with Crippen LogP contribution in [0, 0.1) is 5.92 Å². The molecule has 0 amide bonds. The third-order valence-corrected chi connectivity index (χ3v) is 2.08. The van der Waals surface area contributed by atoms with Crippen LogP contribution in [0.15, 0.2) is 35.8 Å². The monoisotopic (exact) mass is 148 g/mol. The van der Waals surface area contributed by atoms with Gasteiger partial charge in [0.25, 0.3) is 0 Å². The van der Waals surface area contributed by atoms with Gasteiger partial charge < -0.3 is 10.6 Å². The minimum atomic E-state index is 0.625. The van der Waals surface area contributed by atoms with Crippen molar-refractivity contribution >= 4 is 0 Å².